The van der Waals surface area contributed by atoms with Crippen LogP contribution in [-0.4, -0.2) is 10.7 Å². The fraction of sp³-hybridized carbons (Fsp3) is 0.381. The van der Waals surface area contributed by atoms with Gasteiger partial charge in [-0.2, -0.15) is 5.10 Å². The minimum Gasteiger partial charge on any atom is -0.278 e. The van der Waals surface area contributed by atoms with Crippen molar-refractivity contribution in [3.05, 3.63) is 70.2 Å². The van der Waals surface area contributed by atoms with E-state index in [2.05, 4.69) is 94.7 Å². The molecule has 1 aromatic rings. The summed E-state index contributed by atoms with van der Waals surface area (Å²) in [6, 6.07) is 6.62. The minimum absolute atomic E-state index is 0.483. The Morgan fingerprint density at radius 1 is 1.25 bits per heavy atom. The predicted octanol–water partition coefficient (Wildman–Crippen LogP) is 5.42. The number of hydrogen-bond donors (Lipinski definition) is 1. The number of allylic oxidation sites excluding steroid dienone is 3. The zero-order chi connectivity index (χ0) is 18.0. The van der Waals surface area contributed by atoms with Crippen LogP contribution in [0.4, 0.5) is 0 Å². The Hall–Kier alpha value is -2.29. The molecule has 0 aromatic heterocycles. The summed E-state index contributed by atoms with van der Waals surface area (Å²) in [7, 11) is 0. The van der Waals surface area contributed by atoms with Crippen LogP contribution in [0.3, 0.4) is 0 Å². The first kappa shape index (κ1) is 18.1. The van der Waals surface area contributed by atoms with Crippen LogP contribution in [0.1, 0.15) is 64.2 Å². The van der Waals surface area contributed by atoms with Crippen LogP contribution in [-0.2, 0) is 0 Å². The highest BCUT2D eigenvalue weighted by molar-refractivity contribution is 6.03. The van der Waals surface area contributed by atoms with Gasteiger partial charge < -0.3 is 0 Å². The molecule has 0 spiro atoms. The number of hydrogen-bond acceptors (Lipinski definition) is 3. The van der Waals surface area contributed by atoms with Crippen molar-refractivity contribution < 1.29 is 0 Å². The van der Waals surface area contributed by atoms with Gasteiger partial charge in [0.15, 0.2) is 5.84 Å². The zero-order valence-electron chi connectivity index (χ0n) is 16.0. The van der Waals surface area contributed by atoms with Gasteiger partial charge in [0, 0.05) is 11.3 Å². The smallest absolute Gasteiger partial charge is 0.166 e. The van der Waals surface area contributed by atoms with Crippen LogP contribution < -0.4 is 5.43 Å². The van der Waals surface area contributed by atoms with Crippen molar-refractivity contribution in [1.29, 1.82) is 0 Å². The number of rotatable bonds is 4. The first-order chi connectivity index (χ1) is 11.3. The maximum atomic E-state index is 4.57. The second-order valence-electron chi connectivity index (χ2n) is 6.86. The van der Waals surface area contributed by atoms with Gasteiger partial charge in [0.1, 0.15) is 5.82 Å². The molecule has 0 bridgehead atoms. The van der Waals surface area contributed by atoms with Crippen molar-refractivity contribution in [3.8, 4) is 0 Å². The molecular formula is C21H29N3. The Balaban J connectivity index is 2.56. The summed E-state index contributed by atoms with van der Waals surface area (Å²) >= 11 is 0. The number of benzene rings is 1. The van der Waals surface area contributed by atoms with Crippen LogP contribution in [0.5, 0.6) is 0 Å². The topological polar surface area (TPSA) is 27.6 Å². The molecule has 0 radical (unpaired) electrons. The molecule has 0 aliphatic carbocycles. The van der Waals surface area contributed by atoms with Crippen LogP contribution in [0.2, 0.25) is 0 Å². The summed E-state index contributed by atoms with van der Waals surface area (Å²) in [6.07, 6.45) is 2.12. The van der Waals surface area contributed by atoms with Crippen molar-refractivity contribution in [3.63, 3.8) is 0 Å². The molecule has 3 heteroatoms. The third-order valence-electron chi connectivity index (χ3n) is 4.59. The Labute approximate surface area is 146 Å². The molecule has 0 saturated heterocycles. The van der Waals surface area contributed by atoms with E-state index in [1.54, 1.807) is 0 Å². The molecular weight excluding hydrogens is 294 g/mol. The second-order valence-corrected chi connectivity index (χ2v) is 6.86. The van der Waals surface area contributed by atoms with E-state index in [0.29, 0.717) is 5.92 Å². The summed E-state index contributed by atoms with van der Waals surface area (Å²) in [5.41, 5.74) is 10.4. The normalized spacial score (nSPS) is 14.8. The van der Waals surface area contributed by atoms with Gasteiger partial charge >= 0.3 is 0 Å². The van der Waals surface area contributed by atoms with Gasteiger partial charge in [-0.05, 0) is 63.3 Å². The molecule has 1 heterocycles. The van der Waals surface area contributed by atoms with E-state index in [1.807, 2.05) is 0 Å². The summed E-state index contributed by atoms with van der Waals surface area (Å²) in [5, 5.41) is 4.57. The molecule has 24 heavy (non-hydrogen) atoms. The standard InChI is InChI=1S/C21H29N3/c1-9-20(16(7)13(2)3)24-17(8)22-23-21(24)19-12-18(14(4)5)11-10-15(19)6/h9-12,14,22H,8H2,1-7H3/b20-9+. The summed E-state index contributed by atoms with van der Waals surface area (Å²) in [5.74, 6) is 2.18. The van der Waals surface area contributed by atoms with Crippen LogP contribution in [0.25, 0.3) is 0 Å². The zero-order valence-corrected chi connectivity index (χ0v) is 16.0. The monoisotopic (exact) mass is 323 g/mol. The predicted molar refractivity (Wildman–Crippen MR) is 104 cm³/mol. The second kappa shape index (κ2) is 7.08. The van der Waals surface area contributed by atoms with Gasteiger partial charge in [-0.25, -0.2) is 0 Å². The number of nitrogens with zero attached hydrogens (tertiary/aromatic N) is 2. The molecule has 1 N–H and O–H groups in total. The largest absolute Gasteiger partial charge is 0.278 e. The number of aryl methyl sites for hydroxylation is 1. The highest BCUT2D eigenvalue weighted by atomic mass is 15.5. The molecule has 0 unspecified atom stereocenters. The van der Waals surface area contributed by atoms with E-state index >= 15 is 0 Å². The van der Waals surface area contributed by atoms with Gasteiger partial charge in [-0.3, -0.25) is 10.3 Å². The van der Waals surface area contributed by atoms with E-state index in [-0.39, 0.29) is 0 Å². The highest BCUT2D eigenvalue weighted by Crippen LogP contribution is 2.29. The maximum Gasteiger partial charge on any atom is 0.166 e. The van der Waals surface area contributed by atoms with Gasteiger partial charge in [-0.15, -0.1) is 0 Å². The van der Waals surface area contributed by atoms with E-state index in [4.69, 9.17) is 0 Å². The van der Waals surface area contributed by atoms with E-state index in [9.17, 15) is 0 Å². The number of hydrazone groups is 1. The third-order valence-corrected chi connectivity index (χ3v) is 4.59. The van der Waals surface area contributed by atoms with Crippen LogP contribution >= 0.6 is 0 Å². The average molecular weight is 323 g/mol. The van der Waals surface area contributed by atoms with Crippen molar-refractivity contribution in [2.75, 3.05) is 0 Å². The lowest BCUT2D eigenvalue weighted by molar-refractivity contribution is 0.626. The van der Waals surface area contributed by atoms with Gasteiger partial charge in [0.2, 0.25) is 0 Å². The Kier molecular flexibility index (Phi) is 5.33. The fourth-order valence-electron chi connectivity index (χ4n) is 2.79. The fourth-order valence-corrected chi connectivity index (χ4v) is 2.79. The Morgan fingerprint density at radius 3 is 2.46 bits per heavy atom. The quantitative estimate of drug-likeness (QED) is 0.750. The molecule has 1 aliphatic heterocycles. The summed E-state index contributed by atoms with van der Waals surface area (Å²) in [4.78, 5) is 2.12. The number of amidine groups is 1. The molecule has 0 saturated carbocycles. The van der Waals surface area contributed by atoms with E-state index in [0.717, 1.165) is 22.9 Å². The van der Waals surface area contributed by atoms with Crippen LogP contribution in [0.15, 0.2) is 58.6 Å². The summed E-state index contributed by atoms with van der Waals surface area (Å²) < 4.78 is 0. The molecule has 1 aromatic carbocycles. The van der Waals surface area contributed by atoms with Crippen molar-refractivity contribution in [2.45, 2.75) is 54.4 Å². The van der Waals surface area contributed by atoms with E-state index < -0.39 is 0 Å². The van der Waals surface area contributed by atoms with Crippen molar-refractivity contribution >= 4 is 5.84 Å². The maximum absolute atomic E-state index is 4.57. The van der Waals surface area contributed by atoms with Gasteiger partial charge in [0.25, 0.3) is 0 Å². The number of nitrogens with one attached hydrogen (secondary N) is 1. The summed E-state index contributed by atoms with van der Waals surface area (Å²) in [6.45, 7) is 19.2. The molecule has 0 fully saturated rings. The minimum atomic E-state index is 0.483. The average Bonchev–Trinajstić information content (AvgIpc) is 2.90. The Bertz CT molecular complexity index is 744. The van der Waals surface area contributed by atoms with Crippen LogP contribution in [0, 0.1) is 6.92 Å². The van der Waals surface area contributed by atoms with E-state index in [1.165, 1.54) is 22.3 Å². The molecule has 128 valence electrons. The lowest BCUT2D eigenvalue weighted by Gasteiger charge is -2.26. The first-order valence-electron chi connectivity index (χ1n) is 8.52. The van der Waals surface area contributed by atoms with Crippen molar-refractivity contribution in [1.82, 2.24) is 10.3 Å². The lowest BCUT2D eigenvalue weighted by atomic mass is 9.96. The molecule has 3 nitrogen and oxygen atoms in total. The highest BCUT2D eigenvalue weighted by Gasteiger charge is 2.27. The molecule has 0 amide bonds. The first-order valence-corrected chi connectivity index (χ1v) is 8.52. The lowest BCUT2D eigenvalue weighted by Crippen LogP contribution is -2.28. The third kappa shape index (κ3) is 3.30. The van der Waals surface area contributed by atoms with Crippen molar-refractivity contribution in [2.24, 2.45) is 5.10 Å². The molecule has 0 atom stereocenters. The Morgan fingerprint density at radius 2 is 1.92 bits per heavy atom. The molecule has 1 aliphatic rings. The van der Waals surface area contributed by atoms with Gasteiger partial charge in [0.05, 0.1) is 0 Å². The SMILES string of the molecule is C=C1NN=C(c2cc(C(C)C)ccc2C)N1/C(=C/C)C(C)=C(C)C. The van der Waals surface area contributed by atoms with Gasteiger partial charge in [-0.1, -0.05) is 44.2 Å². The molecule has 2 rings (SSSR count).